The smallest absolute Gasteiger partial charge is 0.196 e. The lowest BCUT2D eigenvalue weighted by atomic mass is 9.45. The van der Waals surface area contributed by atoms with E-state index >= 15 is 0 Å². The van der Waals surface area contributed by atoms with Crippen LogP contribution in [0.25, 0.3) is 0 Å². The van der Waals surface area contributed by atoms with Crippen LogP contribution in [-0.2, 0) is 9.59 Å². The van der Waals surface area contributed by atoms with Gasteiger partial charge in [-0.1, -0.05) is 38.0 Å². The summed E-state index contributed by atoms with van der Waals surface area (Å²) in [6, 6.07) is 4.08. The number of nitriles is 2. The molecule has 0 heterocycles. The fourth-order valence-corrected chi connectivity index (χ4v) is 5.66. The second-order valence-electron chi connectivity index (χ2n) is 9.72. The van der Waals surface area contributed by atoms with Gasteiger partial charge in [-0.15, -0.1) is 0 Å². The average Bonchev–Trinajstić information content (AvgIpc) is 2.63. The second-order valence-corrected chi connectivity index (χ2v) is 13.6. The number of hydrogen-bond acceptors (Lipinski definition) is 4. The molecule has 0 N–H and O–H groups in total. The first-order valence-corrected chi connectivity index (χ1v) is 12.5. The predicted molar refractivity (Wildman–Crippen MR) is 116 cm³/mol. The van der Waals surface area contributed by atoms with Gasteiger partial charge in [0.1, 0.15) is 12.1 Å². The molecule has 3 atom stereocenters. The molecule has 150 valence electrons. The van der Waals surface area contributed by atoms with E-state index in [2.05, 4.69) is 36.0 Å². The third kappa shape index (κ3) is 3.17. The molecular weight excluding hydrogens is 380 g/mol. The van der Waals surface area contributed by atoms with E-state index in [9.17, 15) is 20.1 Å². The first-order valence-electron chi connectivity index (χ1n) is 9.61. The summed E-state index contributed by atoms with van der Waals surface area (Å²) in [5.41, 5.74) is -1.03. The highest BCUT2D eigenvalue weighted by Gasteiger charge is 2.59. The van der Waals surface area contributed by atoms with Crippen molar-refractivity contribution in [2.45, 2.75) is 33.6 Å². The fourth-order valence-electron chi connectivity index (χ4n) is 5.18. The number of hydrogen-bond donors (Lipinski definition) is 0. The Morgan fingerprint density at radius 2 is 1.66 bits per heavy atom. The Bertz CT molecular complexity index is 1060. The van der Waals surface area contributed by atoms with Crippen molar-refractivity contribution in [2.75, 3.05) is 18.8 Å². The van der Waals surface area contributed by atoms with Gasteiger partial charge in [0.05, 0.1) is 16.6 Å². The Morgan fingerprint density at radius 1 is 1.03 bits per heavy atom. The number of nitrogens with zero attached hydrogens (tertiary/aromatic N) is 2. The maximum atomic E-state index is 12.9. The molecule has 0 aromatic rings. The van der Waals surface area contributed by atoms with Gasteiger partial charge in [0.15, 0.2) is 11.6 Å². The maximum Gasteiger partial charge on any atom is 0.196 e. The highest BCUT2D eigenvalue weighted by molar-refractivity contribution is 8.35. The van der Waals surface area contributed by atoms with Gasteiger partial charge in [-0.05, 0) is 55.3 Å². The van der Waals surface area contributed by atoms with E-state index in [-0.39, 0.29) is 28.6 Å². The molecule has 1 saturated carbocycles. The third-order valence-electron chi connectivity index (χ3n) is 6.51. The summed E-state index contributed by atoms with van der Waals surface area (Å²) in [5, 5.41) is 22.5. The van der Waals surface area contributed by atoms with Crippen molar-refractivity contribution in [3.63, 3.8) is 0 Å². The van der Waals surface area contributed by atoms with Crippen LogP contribution >= 0.6 is 10.0 Å². The largest absolute Gasteiger partial charge is 0.293 e. The number of ketones is 2. The molecule has 3 aliphatic carbocycles. The van der Waals surface area contributed by atoms with Crippen LogP contribution in [0.5, 0.6) is 0 Å². The maximum absolute atomic E-state index is 12.9. The summed E-state index contributed by atoms with van der Waals surface area (Å²) in [6.07, 6.45) is 12.7. The van der Waals surface area contributed by atoms with E-state index in [0.29, 0.717) is 6.42 Å². The summed E-state index contributed by atoms with van der Waals surface area (Å²) in [4.78, 5) is 25.5. The third-order valence-corrected chi connectivity index (χ3v) is 7.22. The van der Waals surface area contributed by atoms with Crippen molar-refractivity contribution < 1.29 is 9.59 Å². The lowest BCUT2D eigenvalue weighted by Crippen LogP contribution is -2.53. The van der Waals surface area contributed by atoms with E-state index in [0.717, 1.165) is 12.0 Å². The molecule has 0 spiro atoms. The van der Waals surface area contributed by atoms with Gasteiger partial charge in [-0.2, -0.15) is 20.6 Å². The Kier molecular flexibility index (Phi) is 4.73. The Morgan fingerprint density at radius 3 is 2.21 bits per heavy atom. The van der Waals surface area contributed by atoms with Gasteiger partial charge in [0.2, 0.25) is 0 Å². The molecule has 0 bridgehead atoms. The topological polar surface area (TPSA) is 81.7 Å². The minimum absolute atomic E-state index is 0.0485. The van der Waals surface area contributed by atoms with Crippen molar-refractivity contribution in [1.29, 1.82) is 10.5 Å². The van der Waals surface area contributed by atoms with Gasteiger partial charge in [-0.25, -0.2) is 0 Å². The van der Waals surface area contributed by atoms with Gasteiger partial charge in [-0.3, -0.25) is 9.59 Å². The molecule has 0 aromatic heterocycles. The van der Waals surface area contributed by atoms with Gasteiger partial charge >= 0.3 is 0 Å². The van der Waals surface area contributed by atoms with Gasteiger partial charge < -0.3 is 0 Å². The highest BCUT2D eigenvalue weighted by Crippen LogP contribution is 2.63. The van der Waals surface area contributed by atoms with E-state index in [1.807, 2.05) is 26.8 Å². The van der Waals surface area contributed by atoms with E-state index < -0.39 is 26.3 Å². The van der Waals surface area contributed by atoms with Crippen LogP contribution in [0, 0.1) is 56.0 Å². The van der Waals surface area contributed by atoms with Gasteiger partial charge in [0.25, 0.3) is 0 Å². The van der Waals surface area contributed by atoms with E-state index in [1.165, 1.54) is 0 Å². The lowest BCUT2D eigenvalue weighted by Gasteiger charge is -2.56. The average molecular weight is 407 g/mol. The number of rotatable bonds is 0. The zero-order chi connectivity index (χ0) is 21.8. The molecule has 3 rings (SSSR count). The van der Waals surface area contributed by atoms with Crippen LogP contribution in [0.3, 0.4) is 0 Å². The predicted octanol–water partition coefficient (Wildman–Crippen LogP) is 4.06. The Labute approximate surface area is 174 Å². The van der Waals surface area contributed by atoms with E-state index in [4.69, 9.17) is 0 Å². The number of allylic oxidation sites excluding steroid dienone is 6. The Balaban J connectivity index is 2.32. The van der Waals surface area contributed by atoms with Crippen LogP contribution < -0.4 is 0 Å². The number of Topliss-reactive ketones (excluding diaryl/α,β-unsaturated/α-hetero) is 1. The zero-order valence-electron chi connectivity index (χ0n) is 17.8. The molecule has 0 aliphatic heterocycles. The number of carbonyl (C=O) groups excluding carboxylic acids is 2. The molecule has 3 unspecified atom stereocenters. The monoisotopic (exact) mass is 406 g/mol. The molecular formula is C24H26N2O2S. The van der Waals surface area contributed by atoms with Crippen molar-refractivity contribution in [3.05, 3.63) is 34.9 Å². The zero-order valence-corrected chi connectivity index (χ0v) is 18.7. The Hall–Kier alpha value is -2.55. The molecule has 0 aromatic carbocycles. The van der Waals surface area contributed by atoms with Crippen LogP contribution in [0.4, 0.5) is 0 Å². The second kappa shape index (κ2) is 6.48. The van der Waals surface area contributed by atoms with Crippen molar-refractivity contribution in [2.24, 2.45) is 22.2 Å². The lowest BCUT2D eigenvalue weighted by molar-refractivity contribution is -0.130. The first kappa shape index (κ1) is 21.2. The van der Waals surface area contributed by atoms with Crippen LogP contribution in [0.15, 0.2) is 34.9 Å². The SMILES string of the molecule is CC1(C)C(=O)C(C#N)=CC2(C)C3=CC(=O)C(C#N)=CC3(C#CS(C)(C)C)CCC12. The normalized spacial score (nSPS) is 33.4. The minimum Gasteiger partial charge on any atom is -0.293 e. The van der Waals surface area contributed by atoms with Crippen LogP contribution in [0.1, 0.15) is 33.6 Å². The first-order chi connectivity index (χ1) is 13.3. The molecule has 3 aliphatic rings. The number of fused-ring (bicyclic) bond motifs is 3. The summed E-state index contributed by atoms with van der Waals surface area (Å²) >= 11 is 0. The van der Waals surface area contributed by atoms with Crippen molar-refractivity contribution >= 4 is 21.6 Å². The highest BCUT2D eigenvalue weighted by atomic mass is 32.3. The summed E-state index contributed by atoms with van der Waals surface area (Å²) in [7, 11) is -1.12. The fraction of sp³-hybridized carbons (Fsp3) is 0.500. The number of carbonyl (C=O) groups is 2. The summed E-state index contributed by atoms with van der Waals surface area (Å²) in [6.45, 7) is 5.79. The van der Waals surface area contributed by atoms with Crippen molar-refractivity contribution in [1.82, 2.24) is 0 Å². The minimum atomic E-state index is -1.12. The summed E-state index contributed by atoms with van der Waals surface area (Å²) < 4.78 is 0. The van der Waals surface area contributed by atoms with Crippen LogP contribution in [-0.4, -0.2) is 30.3 Å². The van der Waals surface area contributed by atoms with Crippen molar-refractivity contribution in [3.8, 4) is 23.3 Å². The standard InChI is InChI=1S/C24H26N2O2S/c1-22(2)19-7-8-24(9-10-29(4,5)6)13-16(14-25)18(27)11-20(24)23(19,3)12-17(15-26)21(22)28/h11-13,19H,7-8H2,1-6H3. The molecule has 1 fully saturated rings. The molecule has 29 heavy (non-hydrogen) atoms. The molecule has 0 saturated heterocycles. The summed E-state index contributed by atoms with van der Waals surface area (Å²) in [5.74, 6) is 2.92. The quantitative estimate of drug-likeness (QED) is 0.568. The van der Waals surface area contributed by atoms with Crippen LogP contribution in [0.2, 0.25) is 0 Å². The molecule has 0 amide bonds. The molecule has 0 radical (unpaired) electrons. The molecule has 4 nitrogen and oxygen atoms in total. The molecule has 5 heteroatoms. The van der Waals surface area contributed by atoms with E-state index in [1.54, 1.807) is 18.2 Å². The van der Waals surface area contributed by atoms with Gasteiger partial charge in [0, 0.05) is 10.8 Å².